The molecule has 0 aliphatic carbocycles. The lowest BCUT2D eigenvalue weighted by Crippen LogP contribution is -2.11. The summed E-state index contributed by atoms with van der Waals surface area (Å²) in [6.45, 7) is 6.85. The third kappa shape index (κ3) is 3.31. The zero-order valence-electron chi connectivity index (χ0n) is 8.91. The molecule has 0 bridgehead atoms. The van der Waals surface area contributed by atoms with Crippen LogP contribution in [-0.4, -0.2) is 22.4 Å². The van der Waals surface area contributed by atoms with E-state index in [4.69, 9.17) is 10.3 Å². The van der Waals surface area contributed by atoms with Gasteiger partial charge in [-0.05, 0) is 0 Å². The van der Waals surface area contributed by atoms with Crippen LogP contribution in [0.4, 0.5) is 0 Å². The second kappa shape index (κ2) is 4.79. The van der Waals surface area contributed by atoms with Crippen molar-refractivity contribution in [2.75, 3.05) is 12.3 Å². The molecule has 1 rings (SSSR count). The quantitative estimate of drug-likeness (QED) is 0.772. The van der Waals surface area contributed by atoms with Gasteiger partial charge in [0, 0.05) is 17.7 Å². The van der Waals surface area contributed by atoms with Gasteiger partial charge in [-0.1, -0.05) is 25.9 Å². The maximum absolute atomic E-state index is 5.38. The topological polar surface area (TPSA) is 64.9 Å². The second-order valence-corrected chi connectivity index (χ2v) is 5.21. The van der Waals surface area contributed by atoms with Crippen molar-refractivity contribution in [3.63, 3.8) is 0 Å². The van der Waals surface area contributed by atoms with E-state index in [1.54, 1.807) is 11.8 Å². The first-order valence-corrected chi connectivity index (χ1v) is 5.80. The average molecular weight is 215 g/mol. The fraction of sp³-hybridized carbons (Fsp3) is 0.778. The van der Waals surface area contributed by atoms with Gasteiger partial charge < -0.3 is 10.3 Å². The number of aromatic nitrogens is 2. The zero-order chi connectivity index (χ0) is 10.6. The first-order chi connectivity index (χ1) is 6.54. The molecule has 80 valence electrons. The SMILES string of the molecule is CC(C)(C)c1nc(CSCCN)no1. The molecule has 0 aromatic carbocycles. The van der Waals surface area contributed by atoms with Crippen LogP contribution in [0.1, 0.15) is 32.5 Å². The summed E-state index contributed by atoms with van der Waals surface area (Å²) < 4.78 is 5.15. The van der Waals surface area contributed by atoms with E-state index in [-0.39, 0.29) is 5.41 Å². The lowest BCUT2D eigenvalue weighted by molar-refractivity contribution is 0.319. The molecule has 14 heavy (non-hydrogen) atoms. The fourth-order valence-corrected chi connectivity index (χ4v) is 1.47. The monoisotopic (exact) mass is 215 g/mol. The Morgan fingerprint density at radius 2 is 2.14 bits per heavy atom. The fourth-order valence-electron chi connectivity index (χ4n) is 0.864. The predicted molar refractivity (Wildman–Crippen MR) is 58.2 cm³/mol. The minimum absolute atomic E-state index is 0.0657. The number of thioether (sulfide) groups is 1. The Labute approximate surface area is 88.6 Å². The van der Waals surface area contributed by atoms with E-state index in [1.807, 2.05) is 0 Å². The maximum Gasteiger partial charge on any atom is 0.232 e. The van der Waals surface area contributed by atoms with E-state index in [1.165, 1.54) is 0 Å². The highest BCUT2D eigenvalue weighted by molar-refractivity contribution is 7.98. The number of hydrogen-bond acceptors (Lipinski definition) is 5. The summed E-state index contributed by atoms with van der Waals surface area (Å²) >= 11 is 1.72. The highest BCUT2D eigenvalue weighted by Gasteiger charge is 2.21. The van der Waals surface area contributed by atoms with E-state index in [2.05, 4.69) is 30.9 Å². The molecular weight excluding hydrogens is 198 g/mol. The molecule has 0 aliphatic heterocycles. The Bertz CT molecular complexity index is 280. The second-order valence-electron chi connectivity index (χ2n) is 4.11. The lowest BCUT2D eigenvalue weighted by atomic mass is 9.97. The van der Waals surface area contributed by atoms with E-state index in [0.717, 1.165) is 17.3 Å². The van der Waals surface area contributed by atoms with E-state index < -0.39 is 0 Å². The van der Waals surface area contributed by atoms with E-state index in [0.29, 0.717) is 12.4 Å². The van der Waals surface area contributed by atoms with Gasteiger partial charge in [-0.25, -0.2) is 0 Å². The van der Waals surface area contributed by atoms with Gasteiger partial charge in [-0.15, -0.1) is 0 Å². The number of nitrogens with two attached hydrogens (primary N) is 1. The molecule has 0 atom stereocenters. The molecule has 0 saturated heterocycles. The van der Waals surface area contributed by atoms with Crippen LogP contribution in [-0.2, 0) is 11.2 Å². The molecular formula is C9H17N3OS. The number of rotatable bonds is 4. The summed E-state index contributed by atoms with van der Waals surface area (Å²) in [5, 5.41) is 3.91. The first-order valence-electron chi connectivity index (χ1n) is 4.65. The summed E-state index contributed by atoms with van der Waals surface area (Å²) in [7, 11) is 0. The zero-order valence-corrected chi connectivity index (χ0v) is 9.73. The maximum atomic E-state index is 5.38. The van der Waals surface area contributed by atoms with Crippen molar-refractivity contribution >= 4 is 11.8 Å². The molecule has 0 radical (unpaired) electrons. The van der Waals surface area contributed by atoms with Crippen LogP contribution in [0, 0.1) is 0 Å². The molecule has 0 spiro atoms. The number of hydrogen-bond donors (Lipinski definition) is 1. The lowest BCUT2D eigenvalue weighted by Gasteiger charge is -2.10. The molecule has 4 nitrogen and oxygen atoms in total. The molecule has 0 fully saturated rings. The Balaban J connectivity index is 2.51. The van der Waals surface area contributed by atoms with Crippen molar-refractivity contribution in [1.29, 1.82) is 0 Å². The van der Waals surface area contributed by atoms with E-state index in [9.17, 15) is 0 Å². The Morgan fingerprint density at radius 3 is 2.64 bits per heavy atom. The molecule has 0 unspecified atom stereocenters. The normalized spacial score (nSPS) is 12.0. The molecule has 0 aliphatic rings. The third-order valence-electron chi connectivity index (χ3n) is 1.60. The van der Waals surface area contributed by atoms with Gasteiger partial charge >= 0.3 is 0 Å². The molecule has 0 saturated carbocycles. The van der Waals surface area contributed by atoms with Gasteiger partial charge in [0.15, 0.2) is 5.82 Å². The van der Waals surface area contributed by atoms with Gasteiger partial charge in [0.1, 0.15) is 0 Å². The highest BCUT2D eigenvalue weighted by Crippen LogP contribution is 2.20. The third-order valence-corrected chi connectivity index (χ3v) is 2.59. The summed E-state index contributed by atoms with van der Waals surface area (Å²) in [6.07, 6.45) is 0. The van der Waals surface area contributed by atoms with Crippen LogP contribution in [0.25, 0.3) is 0 Å². The summed E-state index contributed by atoms with van der Waals surface area (Å²) in [6, 6.07) is 0. The van der Waals surface area contributed by atoms with Gasteiger partial charge in [-0.3, -0.25) is 0 Å². The van der Waals surface area contributed by atoms with Crippen LogP contribution in [0.5, 0.6) is 0 Å². The van der Waals surface area contributed by atoms with Gasteiger partial charge in [0.2, 0.25) is 5.89 Å². The Morgan fingerprint density at radius 1 is 1.43 bits per heavy atom. The van der Waals surface area contributed by atoms with Crippen molar-refractivity contribution in [2.24, 2.45) is 5.73 Å². The molecule has 1 aromatic heterocycles. The smallest absolute Gasteiger partial charge is 0.232 e. The Hall–Kier alpha value is -0.550. The minimum atomic E-state index is -0.0657. The van der Waals surface area contributed by atoms with Crippen molar-refractivity contribution in [2.45, 2.75) is 31.9 Å². The summed E-state index contributed by atoms with van der Waals surface area (Å²) in [4.78, 5) is 4.31. The van der Waals surface area contributed by atoms with E-state index >= 15 is 0 Å². The van der Waals surface area contributed by atoms with Gasteiger partial charge in [0.05, 0.1) is 5.75 Å². The van der Waals surface area contributed by atoms with Gasteiger partial charge in [-0.2, -0.15) is 16.7 Å². The Kier molecular flexibility index (Phi) is 3.95. The van der Waals surface area contributed by atoms with Crippen molar-refractivity contribution in [3.05, 3.63) is 11.7 Å². The molecule has 5 heteroatoms. The average Bonchev–Trinajstić information content (AvgIpc) is 2.52. The van der Waals surface area contributed by atoms with Gasteiger partial charge in [0.25, 0.3) is 0 Å². The van der Waals surface area contributed by atoms with Crippen LogP contribution >= 0.6 is 11.8 Å². The molecule has 1 heterocycles. The van der Waals surface area contributed by atoms with Crippen LogP contribution in [0.15, 0.2) is 4.52 Å². The summed E-state index contributed by atoms with van der Waals surface area (Å²) in [5.41, 5.74) is 5.32. The standard InChI is InChI=1S/C9H17N3OS/c1-9(2,3)8-11-7(12-13-8)6-14-5-4-10/h4-6,10H2,1-3H3. The van der Waals surface area contributed by atoms with Crippen molar-refractivity contribution in [1.82, 2.24) is 10.1 Å². The van der Waals surface area contributed by atoms with Crippen molar-refractivity contribution in [3.8, 4) is 0 Å². The molecule has 2 N–H and O–H groups in total. The van der Waals surface area contributed by atoms with Crippen LogP contribution in [0.3, 0.4) is 0 Å². The summed E-state index contributed by atoms with van der Waals surface area (Å²) in [5.74, 6) is 3.16. The van der Waals surface area contributed by atoms with Crippen molar-refractivity contribution < 1.29 is 4.52 Å². The number of nitrogens with zero attached hydrogens (tertiary/aromatic N) is 2. The predicted octanol–water partition coefficient (Wildman–Crippen LogP) is 1.56. The largest absolute Gasteiger partial charge is 0.339 e. The first kappa shape index (κ1) is 11.5. The van der Waals surface area contributed by atoms with Crippen LogP contribution in [0.2, 0.25) is 0 Å². The highest BCUT2D eigenvalue weighted by atomic mass is 32.2. The molecule has 0 amide bonds. The minimum Gasteiger partial charge on any atom is -0.339 e. The van der Waals surface area contributed by atoms with Crippen LogP contribution < -0.4 is 5.73 Å². The molecule has 1 aromatic rings.